The third kappa shape index (κ3) is 6.72. The van der Waals surface area contributed by atoms with Crippen molar-refractivity contribution in [3.05, 3.63) is 101 Å². The van der Waals surface area contributed by atoms with Crippen LogP contribution in [0, 0.1) is 0 Å². The summed E-state index contributed by atoms with van der Waals surface area (Å²) in [5.41, 5.74) is 1.91. The van der Waals surface area contributed by atoms with E-state index in [2.05, 4.69) is 5.32 Å². The van der Waals surface area contributed by atoms with Gasteiger partial charge >= 0.3 is 0 Å². The Hall–Kier alpha value is -2.75. The Morgan fingerprint density at radius 1 is 1.00 bits per heavy atom. The Bertz CT molecular complexity index is 1230. The summed E-state index contributed by atoms with van der Waals surface area (Å²) in [4.78, 5) is 12.7. The maximum atomic E-state index is 13.8. The molecule has 36 heavy (non-hydrogen) atoms. The van der Waals surface area contributed by atoms with E-state index in [1.165, 1.54) is 23.4 Å². The molecule has 3 aromatic carbocycles. The van der Waals surface area contributed by atoms with E-state index in [0.29, 0.717) is 22.6 Å². The summed E-state index contributed by atoms with van der Waals surface area (Å²) in [6.07, 6.45) is -0.354. The molecule has 9 heteroatoms. The Morgan fingerprint density at radius 2 is 1.61 bits per heavy atom. The lowest BCUT2D eigenvalue weighted by molar-refractivity contribution is 0.0758. The number of aliphatic hydroxyl groups is 2. The van der Waals surface area contributed by atoms with Gasteiger partial charge in [-0.15, -0.1) is 0 Å². The van der Waals surface area contributed by atoms with Crippen molar-refractivity contribution in [3.63, 3.8) is 0 Å². The summed E-state index contributed by atoms with van der Waals surface area (Å²) < 4.78 is 29.0. The molecule has 3 N–H and O–H groups in total. The fourth-order valence-corrected chi connectivity index (χ4v) is 5.70. The molecule has 0 saturated heterocycles. The molecule has 7 nitrogen and oxygen atoms in total. The van der Waals surface area contributed by atoms with Crippen LogP contribution in [0.4, 0.5) is 0 Å². The first kappa shape index (κ1) is 27.8. The van der Waals surface area contributed by atoms with Crippen LogP contribution in [0.2, 0.25) is 5.02 Å². The largest absolute Gasteiger partial charge is 0.394 e. The van der Waals surface area contributed by atoms with E-state index in [4.69, 9.17) is 11.6 Å². The van der Waals surface area contributed by atoms with Crippen molar-refractivity contribution in [3.8, 4) is 0 Å². The van der Waals surface area contributed by atoms with Gasteiger partial charge in [-0.2, -0.15) is 4.31 Å². The molecule has 0 aromatic heterocycles. The zero-order valence-corrected chi connectivity index (χ0v) is 21.8. The number of sulfonamides is 1. The average Bonchev–Trinajstić information content (AvgIpc) is 2.88. The van der Waals surface area contributed by atoms with E-state index in [-0.39, 0.29) is 11.4 Å². The number of hydrogen-bond donors (Lipinski definition) is 3. The number of nitrogens with one attached hydrogen (secondary N) is 1. The average molecular weight is 531 g/mol. The van der Waals surface area contributed by atoms with Gasteiger partial charge in [-0.25, -0.2) is 8.42 Å². The molecule has 192 valence electrons. The zero-order valence-electron chi connectivity index (χ0n) is 20.2. The standard InChI is InChI=1S/C27H31ClN2O5S/c1-3-26(21-7-5-4-6-8-21)30(36(34,35)24-15-13-23(28)14-16-24)17-20-9-11-22(12-10-20)27(33)29-25(18-31)19(2)32/h4-16,19,25-26,31-32H,3,17-18H2,1-2H3,(H,29,33). The topological polar surface area (TPSA) is 107 Å². The maximum absolute atomic E-state index is 13.8. The second-order valence-electron chi connectivity index (χ2n) is 8.54. The van der Waals surface area contributed by atoms with E-state index in [9.17, 15) is 23.4 Å². The van der Waals surface area contributed by atoms with Gasteiger partial charge in [0.15, 0.2) is 0 Å². The number of carbonyl (C=O) groups is 1. The highest BCUT2D eigenvalue weighted by molar-refractivity contribution is 7.89. The Labute approximate surface area is 217 Å². The number of amides is 1. The van der Waals surface area contributed by atoms with Gasteiger partial charge in [0, 0.05) is 17.1 Å². The lowest BCUT2D eigenvalue weighted by Gasteiger charge is -2.31. The minimum absolute atomic E-state index is 0.0905. The Balaban J connectivity index is 1.93. The third-order valence-corrected chi connectivity index (χ3v) is 8.11. The molecular weight excluding hydrogens is 500 g/mol. The van der Waals surface area contributed by atoms with Crippen molar-refractivity contribution in [1.82, 2.24) is 9.62 Å². The second kappa shape index (κ2) is 12.5. The molecule has 3 unspecified atom stereocenters. The number of hydrogen-bond acceptors (Lipinski definition) is 5. The molecule has 0 heterocycles. The van der Waals surface area contributed by atoms with Crippen LogP contribution in [0.15, 0.2) is 83.8 Å². The van der Waals surface area contributed by atoms with Gasteiger partial charge in [0.05, 0.1) is 29.7 Å². The first-order valence-electron chi connectivity index (χ1n) is 11.7. The fourth-order valence-electron chi connectivity index (χ4n) is 3.90. The minimum atomic E-state index is -3.89. The zero-order chi connectivity index (χ0) is 26.3. The molecule has 3 aromatic rings. The highest BCUT2D eigenvalue weighted by Gasteiger charge is 2.32. The summed E-state index contributed by atoms with van der Waals surface area (Å²) in [5.74, 6) is -0.442. The van der Waals surface area contributed by atoms with E-state index in [1.807, 2.05) is 37.3 Å². The molecule has 3 atom stereocenters. The van der Waals surface area contributed by atoms with Crippen LogP contribution < -0.4 is 5.32 Å². The molecule has 0 aliphatic heterocycles. The molecule has 0 aliphatic rings. The molecule has 3 rings (SSSR count). The predicted octanol–water partition coefficient (Wildman–Crippen LogP) is 4.15. The number of nitrogens with zero attached hydrogens (tertiary/aromatic N) is 1. The van der Waals surface area contributed by atoms with Crippen LogP contribution in [-0.2, 0) is 16.6 Å². The summed E-state index contributed by atoms with van der Waals surface area (Å²) in [6.45, 7) is 3.12. The number of rotatable bonds is 11. The quantitative estimate of drug-likeness (QED) is 0.345. The van der Waals surface area contributed by atoms with Gasteiger partial charge in [-0.3, -0.25) is 4.79 Å². The van der Waals surface area contributed by atoms with Crippen LogP contribution in [0.25, 0.3) is 0 Å². The lowest BCUT2D eigenvalue weighted by atomic mass is 10.0. The van der Waals surface area contributed by atoms with Crippen molar-refractivity contribution in [2.45, 2.75) is 49.9 Å². The molecule has 0 aliphatic carbocycles. The van der Waals surface area contributed by atoms with E-state index < -0.39 is 40.7 Å². The van der Waals surface area contributed by atoms with Gasteiger partial charge in [0.2, 0.25) is 10.0 Å². The van der Waals surface area contributed by atoms with Crippen molar-refractivity contribution in [2.24, 2.45) is 0 Å². The normalized spacial score (nSPS) is 14.3. The molecule has 0 fully saturated rings. The van der Waals surface area contributed by atoms with Crippen molar-refractivity contribution in [1.29, 1.82) is 0 Å². The van der Waals surface area contributed by atoms with Gasteiger partial charge < -0.3 is 15.5 Å². The highest BCUT2D eigenvalue weighted by atomic mass is 35.5. The van der Waals surface area contributed by atoms with Gasteiger partial charge in [0.25, 0.3) is 5.91 Å². The molecule has 1 amide bonds. The number of aliphatic hydroxyl groups excluding tert-OH is 2. The van der Waals surface area contributed by atoms with Gasteiger partial charge in [-0.05, 0) is 60.9 Å². The second-order valence-corrected chi connectivity index (χ2v) is 10.9. The predicted molar refractivity (Wildman–Crippen MR) is 140 cm³/mol. The summed E-state index contributed by atoms with van der Waals surface area (Å²) >= 11 is 5.99. The van der Waals surface area contributed by atoms with Crippen LogP contribution >= 0.6 is 11.6 Å². The van der Waals surface area contributed by atoms with Crippen LogP contribution in [-0.4, -0.2) is 47.6 Å². The van der Waals surface area contributed by atoms with Gasteiger partial charge in [0.1, 0.15) is 0 Å². The first-order valence-corrected chi connectivity index (χ1v) is 13.5. The van der Waals surface area contributed by atoms with Crippen LogP contribution in [0.1, 0.15) is 47.8 Å². The summed E-state index contributed by atoms with van der Waals surface area (Å²) in [5, 5.41) is 22.0. The highest BCUT2D eigenvalue weighted by Crippen LogP contribution is 2.32. The molecule has 0 bridgehead atoms. The van der Waals surface area contributed by atoms with Crippen LogP contribution in [0.5, 0.6) is 0 Å². The number of benzene rings is 3. The minimum Gasteiger partial charge on any atom is -0.394 e. The SMILES string of the molecule is CCC(c1ccccc1)N(Cc1ccc(C(=O)NC(CO)C(C)O)cc1)S(=O)(=O)c1ccc(Cl)cc1. The van der Waals surface area contributed by atoms with E-state index in [0.717, 1.165) is 5.56 Å². The van der Waals surface area contributed by atoms with Crippen molar-refractivity contribution < 1.29 is 23.4 Å². The van der Waals surface area contributed by atoms with E-state index >= 15 is 0 Å². The number of halogens is 1. The van der Waals surface area contributed by atoms with Gasteiger partial charge in [-0.1, -0.05) is 61.0 Å². The lowest BCUT2D eigenvalue weighted by Crippen LogP contribution is -2.44. The summed E-state index contributed by atoms with van der Waals surface area (Å²) in [6, 6.07) is 21.0. The molecular formula is C27H31ClN2O5S. The third-order valence-electron chi connectivity index (χ3n) is 5.99. The van der Waals surface area contributed by atoms with Crippen LogP contribution in [0.3, 0.4) is 0 Å². The van der Waals surface area contributed by atoms with Crippen molar-refractivity contribution >= 4 is 27.5 Å². The Morgan fingerprint density at radius 3 is 2.14 bits per heavy atom. The number of carbonyl (C=O) groups excluding carboxylic acids is 1. The maximum Gasteiger partial charge on any atom is 0.251 e. The molecule has 0 spiro atoms. The smallest absolute Gasteiger partial charge is 0.251 e. The first-order chi connectivity index (χ1) is 17.2. The van der Waals surface area contributed by atoms with Crippen molar-refractivity contribution in [2.75, 3.05) is 6.61 Å². The van der Waals surface area contributed by atoms with E-state index in [1.54, 1.807) is 36.4 Å². The fraction of sp³-hybridized carbons (Fsp3) is 0.296. The summed E-state index contributed by atoms with van der Waals surface area (Å²) in [7, 11) is -3.89. The monoisotopic (exact) mass is 530 g/mol. The molecule has 0 radical (unpaired) electrons. The Kier molecular flexibility index (Phi) is 9.64. The molecule has 0 saturated carbocycles.